The van der Waals surface area contributed by atoms with E-state index in [1.165, 1.54) is 25.6 Å². The third-order valence-electron chi connectivity index (χ3n) is 5.55. The van der Waals surface area contributed by atoms with Crippen LogP contribution in [-0.2, 0) is 11.3 Å². The van der Waals surface area contributed by atoms with Crippen molar-refractivity contribution in [2.75, 3.05) is 6.61 Å². The summed E-state index contributed by atoms with van der Waals surface area (Å²) in [6.45, 7) is 5.39. The molecular weight excluding hydrogens is 306 g/mol. The lowest BCUT2D eigenvalue weighted by Crippen LogP contribution is -2.66. The van der Waals surface area contributed by atoms with E-state index in [2.05, 4.69) is 27.6 Å². The van der Waals surface area contributed by atoms with Crippen molar-refractivity contribution in [3.8, 4) is 0 Å². The van der Waals surface area contributed by atoms with Crippen LogP contribution in [0.5, 0.6) is 0 Å². The van der Waals surface area contributed by atoms with Gasteiger partial charge in [-0.2, -0.15) is 5.10 Å². The lowest BCUT2D eigenvalue weighted by molar-refractivity contribution is -0.146. The molecule has 0 radical (unpaired) electrons. The number of carbonyl (C=O) groups excluding carboxylic acids is 1. The van der Waals surface area contributed by atoms with Gasteiger partial charge in [-0.3, -0.25) is 4.68 Å². The van der Waals surface area contributed by atoms with Crippen LogP contribution in [0.15, 0.2) is 12.7 Å². The summed E-state index contributed by atoms with van der Waals surface area (Å²) in [6.07, 6.45) is 10.5. The lowest BCUT2D eigenvalue weighted by Gasteiger charge is -2.57. The molecule has 0 saturated heterocycles. The van der Waals surface area contributed by atoms with E-state index in [-0.39, 0.29) is 23.5 Å². The number of nitrogens with zero attached hydrogens (tertiary/aromatic N) is 3. The first kappa shape index (κ1) is 17.2. The highest BCUT2D eigenvalue weighted by Crippen LogP contribution is 2.53. The highest BCUT2D eigenvalue weighted by molar-refractivity contribution is 5.74. The first-order chi connectivity index (χ1) is 11.6. The monoisotopic (exact) mass is 335 g/mol. The molecule has 2 fully saturated rings. The zero-order valence-corrected chi connectivity index (χ0v) is 14.7. The highest BCUT2D eigenvalue weighted by atomic mass is 16.5. The number of rotatable bonds is 6. The molecular formula is C17H29N5O2. The van der Waals surface area contributed by atoms with E-state index < -0.39 is 0 Å². The van der Waals surface area contributed by atoms with Crippen LogP contribution in [0.25, 0.3) is 0 Å². The molecule has 1 spiro atoms. The molecule has 0 bridgehead atoms. The number of hydrogen-bond donors (Lipinski definition) is 2. The van der Waals surface area contributed by atoms with Gasteiger partial charge < -0.3 is 15.4 Å². The lowest BCUT2D eigenvalue weighted by atomic mass is 9.55. The molecule has 7 nitrogen and oxygen atoms in total. The normalized spacial score (nSPS) is 26.6. The van der Waals surface area contributed by atoms with Gasteiger partial charge in [0.2, 0.25) is 0 Å². The zero-order valence-electron chi connectivity index (χ0n) is 14.7. The van der Waals surface area contributed by atoms with E-state index in [9.17, 15) is 4.79 Å². The van der Waals surface area contributed by atoms with Gasteiger partial charge in [-0.05, 0) is 33.1 Å². The van der Waals surface area contributed by atoms with Gasteiger partial charge in [-0.1, -0.05) is 19.3 Å². The molecule has 0 aromatic carbocycles. The molecule has 7 heteroatoms. The molecule has 1 heterocycles. The van der Waals surface area contributed by atoms with Crippen LogP contribution in [0.3, 0.4) is 0 Å². The second-order valence-corrected chi connectivity index (χ2v) is 7.16. The molecule has 134 valence electrons. The summed E-state index contributed by atoms with van der Waals surface area (Å²) in [5.41, 5.74) is 0.154. The molecule has 3 rings (SSSR count). The fourth-order valence-corrected chi connectivity index (χ4v) is 4.34. The summed E-state index contributed by atoms with van der Waals surface area (Å²) >= 11 is 0. The van der Waals surface area contributed by atoms with Crippen LogP contribution in [-0.4, -0.2) is 45.6 Å². The molecule has 3 atom stereocenters. The van der Waals surface area contributed by atoms with Gasteiger partial charge in [0, 0.05) is 24.1 Å². The molecule has 24 heavy (non-hydrogen) atoms. The Balaban J connectivity index is 1.51. The molecule has 2 aliphatic carbocycles. The second-order valence-electron chi connectivity index (χ2n) is 7.16. The maximum atomic E-state index is 12.4. The van der Waals surface area contributed by atoms with Gasteiger partial charge in [0.25, 0.3) is 0 Å². The Morgan fingerprint density at radius 2 is 2.21 bits per heavy atom. The van der Waals surface area contributed by atoms with E-state index in [1.807, 2.05) is 6.92 Å². The van der Waals surface area contributed by atoms with Gasteiger partial charge >= 0.3 is 6.03 Å². The van der Waals surface area contributed by atoms with Gasteiger partial charge in [0.15, 0.2) is 0 Å². The first-order valence-corrected chi connectivity index (χ1v) is 9.15. The number of carbonyl (C=O) groups is 1. The van der Waals surface area contributed by atoms with Crippen molar-refractivity contribution < 1.29 is 9.53 Å². The Bertz CT molecular complexity index is 527. The fourth-order valence-electron chi connectivity index (χ4n) is 4.34. The smallest absolute Gasteiger partial charge is 0.315 e. The minimum Gasteiger partial charge on any atom is -0.378 e. The Hall–Kier alpha value is -1.63. The predicted octanol–water partition coefficient (Wildman–Crippen LogP) is 2.09. The quantitative estimate of drug-likeness (QED) is 0.834. The van der Waals surface area contributed by atoms with Crippen molar-refractivity contribution in [1.29, 1.82) is 0 Å². The van der Waals surface area contributed by atoms with E-state index in [4.69, 9.17) is 4.74 Å². The number of hydrogen-bond acceptors (Lipinski definition) is 4. The maximum Gasteiger partial charge on any atom is 0.315 e. The molecule has 2 aliphatic rings. The Morgan fingerprint density at radius 1 is 1.42 bits per heavy atom. The standard InChI is InChI=1S/C17H29N5O2/c1-3-24-15-9-14(17(15)7-5-4-6-8-17)21-16(23)20-13(2)10-22-12-18-11-19-22/h11-15H,3-10H2,1-2H3,(H2,20,21,23)/t13-,14+,15+/m0/s1. The average molecular weight is 335 g/mol. The summed E-state index contributed by atoms with van der Waals surface area (Å²) in [4.78, 5) is 16.3. The predicted molar refractivity (Wildman–Crippen MR) is 90.5 cm³/mol. The van der Waals surface area contributed by atoms with Crippen molar-refractivity contribution in [3.05, 3.63) is 12.7 Å². The number of urea groups is 1. The topological polar surface area (TPSA) is 81.1 Å². The molecule has 2 N–H and O–H groups in total. The molecule has 1 aromatic heterocycles. The van der Waals surface area contributed by atoms with Crippen molar-refractivity contribution in [1.82, 2.24) is 25.4 Å². The third-order valence-corrected chi connectivity index (χ3v) is 5.55. The van der Waals surface area contributed by atoms with Gasteiger partial charge in [0.05, 0.1) is 12.6 Å². The van der Waals surface area contributed by atoms with Crippen LogP contribution in [0.2, 0.25) is 0 Å². The van der Waals surface area contributed by atoms with Gasteiger partial charge in [0.1, 0.15) is 12.7 Å². The Morgan fingerprint density at radius 3 is 2.88 bits per heavy atom. The summed E-state index contributed by atoms with van der Waals surface area (Å²) in [5.74, 6) is 0. The molecule has 2 saturated carbocycles. The summed E-state index contributed by atoms with van der Waals surface area (Å²) in [7, 11) is 0. The van der Waals surface area contributed by atoms with Crippen LogP contribution >= 0.6 is 0 Å². The maximum absolute atomic E-state index is 12.4. The van der Waals surface area contributed by atoms with Crippen LogP contribution in [0.4, 0.5) is 4.79 Å². The van der Waals surface area contributed by atoms with Crippen molar-refractivity contribution in [2.45, 2.75) is 77.1 Å². The van der Waals surface area contributed by atoms with E-state index in [0.29, 0.717) is 12.6 Å². The van der Waals surface area contributed by atoms with Gasteiger partial charge in [-0.15, -0.1) is 0 Å². The molecule has 2 amide bonds. The third kappa shape index (κ3) is 3.55. The van der Waals surface area contributed by atoms with Crippen molar-refractivity contribution >= 4 is 6.03 Å². The average Bonchev–Trinajstić information content (AvgIpc) is 3.07. The molecule has 0 unspecified atom stereocenters. The molecule has 0 aliphatic heterocycles. The summed E-state index contributed by atoms with van der Waals surface area (Å²) in [6, 6.07) is 0.136. The van der Waals surface area contributed by atoms with E-state index in [0.717, 1.165) is 25.9 Å². The van der Waals surface area contributed by atoms with Crippen LogP contribution < -0.4 is 10.6 Å². The molecule has 1 aromatic rings. The SMILES string of the molecule is CCO[C@@H]1C[C@@H](NC(=O)N[C@@H](C)Cn2cncn2)C12CCCCC2. The minimum absolute atomic E-state index is 0.00299. The van der Waals surface area contributed by atoms with Crippen LogP contribution in [0.1, 0.15) is 52.4 Å². The van der Waals surface area contributed by atoms with E-state index >= 15 is 0 Å². The number of aromatic nitrogens is 3. The zero-order chi connectivity index (χ0) is 17.0. The summed E-state index contributed by atoms with van der Waals surface area (Å²) in [5, 5.41) is 10.3. The van der Waals surface area contributed by atoms with Crippen molar-refractivity contribution in [2.24, 2.45) is 5.41 Å². The summed E-state index contributed by atoms with van der Waals surface area (Å²) < 4.78 is 7.67. The van der Waals surface area contributed by atoms with E-state index in [1.54, 1.807) is 11.0 Å². The minimum atomic E-state index is -0.0903. The second kappa shape index (κ2) is 7.51. The van der Waals surface area contributed by atoms with Crippen LogP contribution in [0, 0.1) is 5.41 Å². The highest BCUT2D eigenvalue weighted by Gasteiger charge is 2.56. The number of nitrogens with one attached hydrogen (secondary N) is 2. The number of ether oxygens (including phenoxy) is 1. The van der Waals surface area contributed by atoms with Crippen molar-refractivity contribution in [3.63, 3.8) is 0 Å². The van der Waals surface area contributed by atoms with Gasteiger partial charge in [-0.25, -0.2) is 9.78 Å². The number of amides is 2. The Kier molecular flexibility index (Phi) is 5.38. The fraction of sp³-hybridized carbons (Fsp3) is 0.824. The Labute approximate surface area is 143 Å². The first-order valence-electron chi connectivity index (χ1n) is 9.15. The largest absolute Gasteiger partial charge is 0.378 e.